The predicted molar refractivity (Wildman–Crippen MR) is 164 cm³/mol. The zero-order valence-corrected chi connectivity index (χ0v) is 22.4. The van der Waals surface area contributed by atoms with Gasteiger partial charge in [0.15, 0.2) is 8.07 Å². The van der Waals surface area contributed by atoms with Gasteiger partial charge in [-0.15, -0.1) is 0 Å². The van der Waals surface area contributed by atoms with E-state index in [0.29, 0.717) is 0 Å². The van der Waals surface area contributed by atoms with Crippen molar-refractivity contribution in [3.8, 4) is 33.8 Å². The summed E-state index contributed by atoms with van der Waals surface area (Å²) in [6.07, 6.45) is 0. The van der Waals surface area contributed by atoms with Crippen molar-refractivity contribution in [3.05, 3.63) is 158 Å². The van der Waals surface area contributed by atoms with Crippen LogP contribution in [0.15, 0.2) is 158 Å². The molecule has 0 atom stereocenters. The maximum absolute atomic E-state index is 9.73. The van der Waals surface area contributed by atoms with Gasteiger partial charge in [0.05, 0.1) is 0 Å². The summed E-state index contributed by atoms with van der Waals surface area (Å²) >= 11 is 0. The van der Waals surface area contributed by atoms with Gasteiger partial charge < -0.3 is 10.2 Å². The molecule has 0 heterocycles. The van der Waals surface area contributed by atoms with Crippen LogP contribution in [0.25, 0.3) is 22.3 Å². The Hall–Kier alpha value is -4.86. The van der Waals surface area contributed by atoms with Crippen LogP contribution in [0.4, 0.5) is 0 Å². The Morgan fingerprint density at radius 3 is 0.846 bits per heavy atom. The zero-order chi connectivity index (χ0) is 26.7. The molecule has 0 fully saturated rings. The van der Waals surface area contributed by atoms with Crippen molar-refractivity contribution in [2.75, 3.05) is 0 Å². The van der Waals surface area contributed by atoms with Crippen molar-refractivity contribution in [2.45, 2.75) is 0 Å². The Kier molecular flexibility index (Phi) is 6.58. The molecule has 2 nitrogen and oxygen atoms in total. The van der Waals surface area contributed by atoms with E-state index in [4.69, 9.17) is 0 Å². The highest BCUT2D eigenvalue weighted by Gasteiger charge is 2.41. The number of phenols is 2. The van der Waals surface area contributed by atoms with Gasteiger partial charge in [-0.1, -0.05) is 133 Å². The van der Waals surface area contributed by atoms with Gasteiger partial charge in [0, 0.05) is 0 Å². The fourth-order valence-corrected chi connectivity index (χ4v) is 10.2. The Morgan fingerprint density at radius 1 is 0.282 bits per heavy atom. The number of phenolic OH excluding ortho intramolecular Hbond substituents is 2. The van der Waals surface area contributed by atoms with E-state index in [2.05, 4.69) is 109 Å². The van der Waals surface area contributed by atoms with Gasteiger partial charge >= 0.3 is 0 Å². The minimum absolute atomic E-state index is 0.269. The van der Waals surface area contributed by atoms with Gasteiger partial charge in [-0.2, -0.15) is 0 Å². The highest BCUT2D eigenvalue weighted by Crippen LogP contribution is 2.24. The molecule has 0 aliphatic rings. The Labute approximate surface area is 230 Å². The van der Waals surface area contributed by atoms with Crippen molar-refractivity contribution in [3.63, 3.8) is 0 Å². The SMILES string of the molecule is Oc1ccc(-c2ccc([Si](c3ccccc3)(c3ccccc3)c3ccc(-c4ccc(O)cc4)cc3)cc2)cc1. The third-order valence-electron chi connectivity index (χ3n) is 7.45. The molecule has 0 amide bonds. The van der Waals surface area contributed by atoms with Crippen molar-refractivity contribution < 1.29 is 10.2 Å². The van der Waals surface area contributed by atoms with E-state index in [9.17, 15) is 10.2 Å². The zero-order valence-electron chi connectivity index (χ0n) is 21.4. The predicted octanol–water partition coefficient (Wildman–Crippen LogP) is 5.81. The molecule has 0 aromatic heterocycles. The van der Waals surface area contributed by atoms with Crippen LogP contribution < -0.4 is 20.7 Å². The fourth-order valence-electron chi connectivity index (χ4n) is 5.51. The second kappa shape index (κ2) is 10.5. The average Bonchev–Trinajstić information content (AvgIpc) is 3.00. The highest BCUT2D eigenvalue weighted by atomic mass is 28.3. The average molecular weight is 521 g/mol. The number of hydrogen-bond acceptors (Lipinski definition) is 2. The molecule has 0 spiro atoms. The van der Waals surface area contributed by atoms with Gasteiger partial charge in [0.2, 0.25) is 0 Å². The van der Waals surface area contributed by atoms with Crippen LogP contribution in [0.2, 0.25) is 0 Å². The van der Waals surface area contributed by atoms with Crippen LogP contribution in [0.1, 0.15) is 0 Å². The molecule has 0 saturated carbocycles. The van der Waals surface area contributed by atoms with Gasteiger partial charge in [-0.25, -0.2) is 0 Å². The summed E-state index contributed by atoms with van der Waals surface area (Å²) in [5, 5.41) is 24.7. The minimum Gasteiger partial charge on any atom is -0.508 e. The largest absolute Gasteiger partial charge is 0.508 e. The number of benzene rings is 6. The van der Waals surface area contributed by atoms with E-state index >= 15 is 0 Å². The van der Waals surface area contributed by atoms with Crippen LogP contribution in [0.3, 0.4) is 0 Å². The van der Waals surface area contributed by atoms with Crippen molar-refractivity contribution in [1.82, 2.24) is 0 Å². The monoisotopic (exact) mass is 520 g/mol. The van der Waals surface area contributed by atoms with Crippen LogP contribution >= 0.6 is 0 Å². The van der Waals surface area contributed by atoms with E-state index in [1.807, 2.05) is 24.3 Å². The standard InChI is InChI=1S/C36H28O2Si/c37-31-19-11-27(12-20-31)29-15-23-35(24-16-29)39(33-7-3-1-4-8-33,34-9-5-2-6-10-34)36-25-17-30(18-26-36)28-13-21-32(38)22-14-28/h1-26,37-38H. The molecule has 3 heteroatoms. The minimum atomic E-state index is -2.65. The summed E-state index contributed by atoms with van der Waals surface area (Å²) in [7, 11) is -2.65. The number of aromatic hydroxyl groups is 2. The lowest BCUT2D eigenvalue weighted by atomic mass is 10.1. The molecule has 188 valence electrons. The Bertz CT molecular complexity index is 1530. The third-order valence-corrected chi connectivity index (χ3v) is 12.2. The fraction of sp³-hybridized carbons (Fsp3) is 0. The Morgan fingerprint density at radius 2 is 0.538 bits per heavy atom. The van der Waals surface area contributed by atoms with E-state index in [1.54, 1.807) is 24.3 Å². The van der Waals surface area contributed by atoms with Crippen LogP contribution in [0, 0.1) is 0 Å². The van der Waals surface area contributed by atoms with Gasteiger partial charge in [0.25, 0.3) is 0 Å². The summed E-state index contributed by atoms with van der Waals surface area (Å²) in [5.41, 5.74) is 4.38. The topological polar surface area (TPSA) is 40.5 Å². The first-order chi connectivity index (χ1) is 19.1. The van der Waals surface area contributed by atoms with E-state index in [-0.39, 0.29) is 11.5 Å². The first-order valence-electron chi connectivity index (χ1n) is 13.1. The lowest BCUT2D eigenvalue weighted by Gasteiger charge is -2.34. The molecule has 0 unspecified atom stereocenters. The second-order valence-corrected chi connectivity index (χ2v) is 13.5. The molecule has 0 saturated heterocycles. The molecule has 6 aromatic carbocycles. The third kappa shape index (κ3) is 4.65. The summed E-state index contributed by atoms with van der Waals surface area (Å²) in [6.45, 7) is 0. The smallest absolute Gasteiger partial charge is 0.179 e. The molecular weight excluding hydrogens is 492 g/mol. The Balaban J connectivity index is 1.55. The molecule has 0 bridgehead atoms. The normalized spacial score (nSPS) is 11.3. The molecular formula is C36H28O2Si. The maximum Gasteiger partial charge on any atom is 0.179 e. The lowest BCUT2D eigenvalue weighted by Crippen LogP contribution is -2.74. The maximum atomic E-state index is 9.73. The highest BCUT2D eigenvalue weighted by molar-refractivity contribution is 7.19. The lowest BCUT2D eigenvalue weighted by molar-refractivity contribution is 0.475. The van der Waals surface area contributed by atoms with E-state index in [0.717, 1.165) is 22.3 Å². The van der Waals surface area contributed by atoms with Crippen LogP contribution in [-0.2, 0) is 0 Å². The molecule has 0 radical (unpaired) electrons. The quantitative estimate of drug-likeness (QED) is 0.215. The molecule has 39 heavy (non-hydrogen) atoms. The first-order valence-corrected chi connectivity index (χ1v) is 15.1. The van der Waals surface area contributed by atoms with E-state index < -0.39 is 8.07 Å². The summed E-state index contributed by atoms with van der Waals surface area (Å²) in [4.78, 5) is 0. The van der Waals surface area contributed by atoms with Crippen molar-refractivity contribution >= 4 is 28.8 Å². The summed E-state index contributed by atoms with van der Waals surface area (Å²) in [6, 6.07) is 54.4. The molecule has 6 aromatic rings. The second-order valence-electron chi connectivity index (χ2n) is 9.73. The first kappa shape index (κ1) is 24.5. The van der Waals surface area contributed by atoms with Gasteiger partial charge in [0.1, 0.15) is 11.5 Å². The van der Waals surface area contributed by atoms with Gasteiger partial charge in [-0.3, -0.25) is 0 Å². The summed E-state index contributed by atoms with van der Waals surface area (Å²) in [5.74, 6) is 0.538. The van der Waals surface area contributed by atoms with Crippen molar-refractivity contribution in [2.24, 2.45) is 0 Å². The molecule has 0 aliphatic heterocycles. The van der Waals surface area contributed by atoms with Gasteiger partial charge in [-0.05, 0) is 67.3 Å². The molecule has 0 aliphatic carbocycles. The number of rotatable bonds is 6. The van der Waals surface area contributed by atoms with Crippen LogP contribution in [-0.4, -0.2) is 18.3 Å². The molecule has 6 rings (SSSR count). The number of hydrogen-bond donors (Lipinski definition) is 2. The molecule has 2 N–H and O–H groups in total. The van der Waals surface area contributed by atoms with Crippen LogP contribution in [0.5, 0.6) is 11.5 Å². The van der Waals surface area contributed by atoms with E-state index in [1.165, 1.54) is 20.7 Å². The van der Waals surface area contributed by atoms with Crippen molar-refractivity contribution in [1.29, 1.82) is 0 Å². The summed E-state index contributed by atoms with van der Waals surface area (Å²) < 4.78 is 0.